The van der Waals surface area contributed by atoms with Crippen molar-refractivity contribution in [2.45, 2.75) is 24.8 Å². The second-order valence-electron chi connectivity index (χ2n) is 7.40. The number of fused-ring (bicyclic) bond motifs is 1. The van der Waals surface area contributed by atoms with Gasteiger partial charge in [0.05, 0.1) is 27.8 Å². The number of hydrogen-bond donors (Lipinski definition) is 1. The van der Waals surface area contributed by atoms with Gasteiger partial charge in [0.15, 0.2) is 6.10 Å². The zero-order valence-corrected chi connectivity index (χ0v) is 18.6. The number of halogens is 1. The summed E-state index contributed by atoms with van der Waals surface area (Å²) in [6.07, 6.45) is -1.05. The molecular weight excluding hydrogens is 436 g/mol. The molecule has 1 aliphatic rings. The Morgan fingerprint density at radius 2 is 1.71 bits per heavy atom. The highest BCUT2D eigenvalue weighted by Crippen LogP contribution is 2.38. The van der Waals surface area contributed by atoms with E-state index in [1.807, 2.05) is 19.9 Å². The van der Waals surface area contributed by atoms with Crippen molar-refractivity contribution in [3.63, 3.8) is 0 Å². The van der Waals surface area contributed by atoms with E-state index >= 15 is 0 Å². The lowest BCUT2D eigenvalue weighted by Crippen LogP contribution is -2.48. The molecule has 0 saturated carbocycles. The molecule has 1 aliphatic heterocycles. The summed E-state index contributed by atoms with van der Waals surface area (Å²) in [6, 6.07) is 18.7. The number of amides is 1. The van der Waals surface area contributed by atoms with Crippen molar-refractivity contribution in [2.24, 2.45) is 0 Å². The predicted octanol–water partition coefficient (Wildman–Crippen LogP) is 4.55. The maximum Gasteiger partial charge on any atom is 0.267 e. The number of para-hydroxylation sites is 1. The Morgan fingerprint density at radius 1 is 1.03 bits per heavy atom. The Kier molecular flexibility index (Phi) is 5.64. The highest BCUT2D eigenvalue weighted by atomic mass is 35.5. The number of aryl methyl sites for hydroxylation is 2. The summed E-state index contributed by atoms with van der Waals surface area (Å²) in [5, 5.41) is 3.11. The molecule has 1 amide bonds. The first-order chi connectivity index (χ1) is 14.8. The summed E-state index contributed by atoms with van der Waals surface area (Å²) in [4.78, 5) is 13.1. The van der Waals surface area contributed by atoms with Crippen LogP contribution in [0, 0.1) is 13.8 Å². The van der Waals surface area contributed by atoms with Gasteiger partial charge in [0.1, 0.15) is 5.75 Å². The highest BCUT2D eigenvalue weighted by Gasteiger charge is 2.37. The molecule has 1 heterocycles. The van der Waals surface area contributed by atoms with Gasteiger partial charge < -0.3 is 10.1 Å². The van der Waals surface area contributed by atoms with Gasteiger partial charge in [-0.1, -0.05) is 47.5 Å². The number of ether oxygens (including phenoxy) is 1. The topological polar surface area (TPSA) is 75.7 Å². The first kappa shape index (κ1) is 21.2. The predicted molar refractivity (Wildman–Crippen MR) is 121 cm³/mol. The number of carbonyl (C=O) groups excluding carboxylic acids is 1. The molecule has 8 heteroatoms. The SMILES string of the molecule is Cc1ccc(S(=O)(=O)N2C[C@H](C(=O)Nc3ccccc3Cl)Oc3ccc(C)cc32)cc1. The van der Waals surface area contributed by atoms with Crippen molar-refractivity contribution in [1.29, 1.82) is 0 Å². The van der Waals surface area contributed by atoms with Gasteiger partial charge in [0.25, 0.3) is 15.9 Å². The first-order valence-corrected chi connectivity index (χ1v) is 11.5. The molecular formula is C23H21ClN2O4S. The number of nitrogens with zero attached hydrogens (tertiary/aromatic N) is 1. The molecule has 0 radical (unpaired) electrons. The molecule has 1 N–H and O–H groups in total. The molecule has 3 aromatic rings. The van der Waals surface area contributed by atoms with Crippen molar-refractivity contribution in [3.05, 3.63) is 82.9 Å². The van der Waals surface area contributed by atoms with Crippen LogP contribution in [0.15, 0.2) is 71.6 Å². The zero-order valence-electron chi connectivity index (χ0n) is 17.0. The quantitative estimate of drug-likeness (QED) is 0.624. The van der Waals surface area contributed by atoms with Crippen LogP contribution in [-0.2, 0) is 14.8 Å². The molecule has 0 spiro atoms. The summed E-state index contributed by atoms with van der Waals surface area (Å²) in [6.45, 7) is 3.59. The lowest BCUT2D eigenvalue weighted by molar-refractivity contribution is -0.122. The van der Waals surface area contributed by atoms with Gasteiger partial charge in [-0.3, -0.25) is 9.10 Å². The van der Waals surface area contributed by atoms with Crippen LogP contribution in [0.4, 0.5) is 11.4 Å². The van der Waals surface area contributed by atoms with Crippen LogP contribution >= 0.6 is 11.6 Å². The molecule has 0 bridgehead atoms. The molecule has 160 valence electrons. The van der Waals surface area contributed by atoms with Crippen molar-refractivity contribution < 1.29 is 17.9 Å². The molecule has 0 fully saturated rings. The van der Waals surface area contributed by atoms with E-state index in [9.17, 15) is 13.2 Å². The van der Waals surface area contributed by atoms with Gasteiger partial charge in [-0.25, -0.2) is 8.42 Å². The van der Waals surface area contributed by atoms with E-state index in [1.54, 1.807) is 60.7 Å². The standard InChI is InChI=1S/C23H21ClN2O4S/c1-15-7-10-17(11-8-15)31(28,29)26-14-22(30-21-12-9-16(2)13-20(21)26)23(27)25-19-6-4-3-5-18(19)24/h3-13,22H,14H2,1-2H3,(H,25,27)/t22-/m1/s1. The van der Waals surface area contributed by atoms with Crippen LogP contribution in [-0.4, -0.2) is 27.0 Å². The lowest BCUT2D eigenvalue weighted by Gasteiger charge is -2.35. The van der Waals surface area contributed by atoms with E-state index in [0.717, 1.165) is 11.1 Å². The largest absolute Gasteiger partial charge is 0.476 e. The van der Waals surface area contributed by atoms with Crippen LogP contribution in [0.3, 0.4) is 0 Å². The molecule has 3 aromatic carbocycles. The van der Waals surface area contributed by atoms with E-state index in [-0.39, 0.29) is 11.4 Å². The van der Waals surface area contributed by atoms with Crippen LogP contribution < -0.4 is 14.4 Å². The molecule has 1 atom stereocenters. The highest BCUT2D eigenvalue weighted by molar-refractivity contribution is 7.92. The fraction of sp³-hybridized carbons (Fsp3) is 0.174. The van der Waals surface area contributed by atoms with Crippen molar-refractivity contribution in [2.75, 3.05) is 16.2 Å². The summed E-state index contributed by atoms with van der Waals surface area (Å²) in [5.41, 5.74) is 2.67. The zero-order chi connectivity index (χ0) is 22.2. The van der Waals surface area contributed by atoms with E-state index in [2.05, 4.69) is 5.32 Å². The average Bonchev–Trinajstić information content (AvgIpc) is 2.74. The third-order valence-electron chi connectivity index (χ3n) is 5.02. The maximum atomic E-state index is 13.5. The monoisotopic (exact) mass is 456 g/mol. The fourth-order valence-corrected chi connectivity index (χ4v) is 4.99. The molecule has 0 aliphatic carbocycles. The van der Waals surface area contributed by atoms with Crippen molar-refractivity contribution >= 4 is 38.9 Å². The Labute approximate surface area is 186 Å². The molecule has 31 heavy (non-hydrogen) atoms. The number of carbonyl (C=O) groups is 1. The summed E-state index contributed by atoms with van der Waals surface area (Å²) in [5.74, 6) is -0.157. The normalized spacial score (nSPS) is 15.7. The van der Waals surface area contributed by atoms with Gasteiger partial charge in [0, 0.05) is 0 Å². The van der Waals surface area contributed by atoms with E-state index < -0.39 is 22.0 Å². The minimum atomic E-state index is -3.91. The minimum Gasteiger partial charge on any atom is -0.476 e. The second kappa shape index (κ2) is 8.24. The van der Waals surface area contributed by atoms with Crippen molar-refractivity contribution in [3.8, 4) is 5.75 Å². The van der Waals surface area contributed by atoms with Crippen LogP contribution in [0.1, 0.15) is 11.1 Å². The lowest BCUT2D eigenvalue weighted by atomic mass is 10.1. The molecule has 6 nitrogen and oxygen atoms in total. The van der Waals surface area contributed by atoms with E-state index in [1.165, 1.54) is 4.31 Å². The number of rotatable bonds is 4. The number of hydrogen-bond acceptors (Lipinski definition) is 4. The third-order valence-corrected chi connectivity index (χ3v) is 7.14. The van der Waals surface area contributed by atoms with Gasteiger partial charge in [-0.05, 0) is 55.8 Å². The Bertz CT molecular complexity index is 1240. The fourth-order valence-electron chi connectivity index (χ4n) is 3.34. The Morgan fingerprint density at radius 3 is 2.42 bits per heavy atom. The van der Waals surface area contributed by atoms with Gasteiger partial charge in [-0.15, -0.1) is 0 Å². The van der Waals surface area contributed by atoms with E-state index in [4.69, 9.17) is 16.3 Å². The van der Waals surface area contributed by atoms with Gasteiger partial charge in [-0.2, -0.15) is 0 Å². The second-order valence-corrected chi connectivity index (χ2v) is 9.67. The Balaban J connectivity index is 1.71. The minimum absolute atomic E-state index is 0.151. The van der Waals surface area contributed by atoms with Crippen LogP contribution in [0.25, 0.3) is 0 Å². The smallest absolute Gasteiger partial charge is 0.267 e. The van der Waals surface area contributed by atoms with Crippen molar-refractivity contribution in [1.82, 2.24) is 0 Å². The third kappa shape index (κ3) is 4.24. The van der Waals surface area contributed by atoms with Gasteiger partial charge in [0.2, 0.25) is 0 Å². The van der Waals surface area contributed by atoms with Gasteiger partial charge >= 0.3 is 0 Å². The maximum absolute atomic E-state index is 13.5. The summed E-state index contributed by atoms with van der Waals surface area (Å²) in [7, 11) is -3.91. The molecule has 4 rings (SSSR count). The number of benzene rings is 3. The summed E-state index contributed by atoms with van der Waals surface area (Å²) < 4.78 is 34.1. The molecule has 0 aromatic heterocycles. The first-order valence-electron chi connectivity index (χ1n) is 9.68. The number of anilines is 2. The number of nitrogens with one attached hydrogen (secondary N) is 1. The average molecular weight is 457 g/mol. The number of sulfonamides is 1. The van der Waals surface area contributed by atoms with Crippen LogP contribution in [0.2, 0.25) is 5.02 Å². The van der Waals surface area contributed by atoms with Crippen LogP contribution in [0.5, 0.6) is 5.75 Å². The molecule has 0 unspecified atom stereocenters. The molecule has 0 saturated heterocycles. The summed E-state index contributed by atoms with van der Waals surface area (Å²) >= 11 is 6.14. The Hall–Kier alpha value is -3.03. The van der Waals surface area contributed by atoms with E-state index in [0.29, 0.717) is 22.1 Å².